The van der Waals surface area contributed by atoms with Gasteiger partial charge in [-0.05, 0) is 50.6 Å². The maximum atomic E-state index is 12.1. The summed E-state index contributed by atoms with van der Waals surface area (Å²) >= 11 is 6.09. The van der Waals surface area contributed by atoms with Crippen LogP contribution in [0.3, 0.4) is 0 Å². The highest BCUT2D eigenvalue weighted by molar-refractivity contribution is 6.32. The Hall–Kier alpha value is -2.20. The van der Waals surface area contributed by atoms with Gasteiger partial charge in [-0.2, -0.15) is 0 Å². The summed E-state index contributed by atoms with van der Waals surface area (Å²) in [4.78, 5) is 12.1. The Morgan fingerprint density at radius 2 is 1.86 bits per heavy atom. The van der Waals surface area contributed by atoms with E-state index in [0.717, 1.165) is 5.56 Å². The van der Waals surface area contributed by atoms with Gasteiger partial charge in [0.1, 0.15) is 11.5 Å². The molecule has 116 valence electrons. The zero-order chi connectivity index (χ0) is 16.3. The van der Waals surface area contributed by atoms with E-state index in [9.17, 15) is 4.79 Å². The molecule has 2 rings (SSSR count). The molecule has 2 aromatic carbocycles. The predicted molar refractivity (Wildman–Crippen MR) is 87.7 cm³/mol. The van der Waals surface area contributed by atoms with E-state index in [4.69, 9.17) is 26.8 Å². The molecule has 0 aromatic heterocycles. The van der Waals surface area contributed by atoms with Gasteiger partial charge in [0.25, 0.3) is 0 Å². The molecule has 2 N–H and O–H groups in total. The lowest BCUT2D eigenvalue weighted by Gasteiger charge is -2.14. The molecular formula is C17H18ClNO3. The maximum absolute atomic E-state index is 12.1. The molecule has 0 unspecified atom stereocenters. The van der Waals surface area contributed by atoms with Crippen LogP contribution in [0.2, 0.25) is 5.02 Å². The maximum Gasteiger partial charge on any atom is 0.340 e. The van der Waals surface area contributed by atoms with Crippen LogP contribution in [0.5, 0.6) is 11.5 Å². The minimum absolute atomic E-state index is 0.221. The molecule has 0 atom stereocenters. The number of hydrogen-bond acceptors (Lipinski definition) is 4. The van der Waals surface area contributed by atoms with Crippen LogP contribution >= 0.6 is 11.6 Å². The van der Waals surface area contributed by atoms with E-state index in [2.05, 4.69) is 0 Å². The van der Waals surface area contributed by atoms with Crippen LogP contribution in [0.15, 0.2) is 36.4 Å². The van der Waals surface area contributed by atoms with Gasteiger partial charge in [0.05, 0.1) is 16.7 Å². The normalized spacial score (nSPS) is 10.6. The molecule has 2 aromatic rings. The Bertz CT molecular complexity index is 698. The van der Waals surface area contributed by atoms with Gasteiger partial charge in [0.2, 0.25) is 0 Å². The van der Waals surface area contributed by atoms with Gasteiger partial charge in [0, 0.05) is 5.69 Å². The van der Waals surface area contributed by atoms with Crippen molar-refractivity contribution in [2.24, 2.45) is 0 Å². The summed E-state index contributed by atoms with van der Waals surface area (Å²) < 4.78 is 11.0. The Balaban J connectivity index is 2.36. The lowest BCUT2D eigenvalue weighted by molar-refractivity contribution is 0.0379. The summed E-state index contributed by atoms with van der Waals surface area (Å²) in [6.45, 7) is 5.41. The monoisotopic (exact) mass is 319 g/mol. The first-order valence-corrected chi connectivity index (χ1v) is 7.29. The molecular weight excluding hydrogens is 302 g/mol. The SMILES string of the molecule is Cc1cc(N)c(C(=O)OC(C)C)cc1Oc1ccccc1Cl. The first kappa shape index (κ1) is 16.2. The largest absolute Gasteiger partial charge is 0.459 e. The van der Waals surface area contributed by atoms with Crippen molar-refractivity contribution >= 4 is 23.3 Å². The second-order valence-electron chi connectivity index (χ2n) is 5.19. The van der Waals surface area contributed by atoms with Crippen molar-refractivity contribution in [1.82, 2.24) is 0 Å². The quantitative estimate of drug-likeness (QED) is 0.661. The molecule has 0 heterocycles. The standard InChI is InChI=1S/C17H18ClNO3/c1-10(2)21-17(20)12-9-16(11(3)8-14(12)19)22-15-7-5-4-6-13(15)18/h4-10H,19H2,1-3H3. The number of benzene rings is 2. The van der Waals surface area contributed by atoms with Crippen LogP contribution in [-0.4, -0.2) is 12.1 Å². The van der Waals surface area contributed by atoms with E-state index in [-0.39, 0.29) is 11.7 Å². The molecule has 4 nitrogen and oxygen atoms in total. The van der Waals surface area contributed by atoms with Crippen molar-refractivity contribution in [3.05, 3.63) is 52.5 Å². The number of carbonyl (C=O) groups is 1. The lowest BCUT2D eigenvalue weighted by Crippen LogP contribution is -2.13. The number of aryl methyl sites for hydroxylation is 1. The van der Waals surface area contributed by atoms with Crippen LogP contribution < -0.4 is 10.5 Å². The van der Waals surface area contributed by atoms with Gasteiger partial charge in [-0.15, -0.1) is 0 Å². The number of nitrogens with two attached hydrogens (primary N) is 1. The van der Waals surface area contributed by atoms with Gasteiger partial charge in [0.15, 0.2) is 0 Å². The Kier molecular flexibility index (Phi) is 4.93. The van der Waals surface area contributed by atoms with Gasteiger partial charge >= 0.3 is 5.97 Å². The van der Waals surface area contributed by atoms with Crippen molar-refractivity contribution in [1.29, 1.82) is 0 Å². The zero-order valence-corrected chi connectivity index (χ0v) is 13.5. The number of carbonyl (C=O) groups excluding carboxylic acids is 1. The predicted octanol–water partition coefficient (Wildman–Crippen LogP) is 4.59. The minimum atomic E-state index is -0.475. The van der Waals surface area contributed by atoms with E-state index < -0.39 is 5.97 Å². The van der Waals surface area contributed by atoms with Crippen LogP contribution in [0, 0.1) is 6.92 Å². The number of nitrogen functional groups attached to an aromatic ring is 1. The van der Waals surface area contributed by atoms with Crippen LogP contribution in [0.25, 0.3) is 0 Å². The topological polar surface area (TPSA) is 61.6 Å². The molecule has 0 spiro atoms. The summed E-state index contributed by atoms with van der Waals surface area (Å²) in [6, 6.07) is 10.4. The van der Waals surface area contributed by atoms with Gasteiger partial charge in [-0.1, -0.05) is 23.7 Å². The molecule has 0 amide bonds. The summed E-state index contributed by atoms with van der Waals surface area (Å²) in [7, 11) is 0. The number of ether oxygens (including phenoxy) is 2. The van der Waals surface area contributed by atoms with E-state index in [0.29, 0.717) is 22.2 Å². The summed E-state index contributed by atoms with van der Waals surface area (Å²) in [5.74, 6) is 0.551. The van der Waals surface area contributed by atoms with Gasteiger partial charge in [-0.25, -0.2) is 4.79 Å². The van der Waals surface area contributed by atoms with Crippen molar-refractivity contribution in [2.45, 2.75) is 26.9 Å². The van der Waals surface area contributed by atoms with Crippen LogP contribution in [0.4, 0.5) is 5.69 Å². The molecule has 0 bridgehead atoms. The summed E-state index contributed by atoms with van der Waals surface area (Å²) in [5.41, 5.74) is 7.35. The summed E-state index contributed by atoms with van der Waals surface area (Å²) in [6.07, 6.45) is -0.221. The smallest absolute Gasteiger partial charge is 0.340 e. The third-order valence-electron chi connectivity index (χ3n) is 2.97. The number of para-hydroxylation sites is 1. The Morgan fingerprint density at radius 3 is 2.50 bits per heavy atom. The van der Waals surface area contributed by atoms with E-state index in [1.165, 1.54) is 0 Å². The number of anilines is 1. The van der Waals surface area contributed by atoms with Crippen molar-refractivity contribution in [2.75, 3.05) is 5.73 Å². The highest BCUT2D eigenvalue weighted by atomic mass is 35.5. The fourth-order valence-electron chi connectivity index (χ4n) is 1.92. The lowest BCUT2D eigenvalue weighted by atomic mass is 10.1. The molecule has 0 saturated heterocycles. The second-order valence-corrected chi connectivity index (χ2v) is 5.60. The molecule has 5 heteroatoms. The van der Waals surface area contributed by atoms with E-state index in [1.54, 1.807) is 38.1 Å². The molecule has 22 heavy (non-hydrogen) atoms. The fraction of sp³-hybridized carbons (Fsp3) is 0.235. The average Bonchev–Trinajstić information content (AvgIpc) is 2.43. The number of esters is 1. The molecule has 0 aliphatic heterocycles. The highest BCUT2D eigenvalue weighted by Crippen LogP contribution is 2.33. The van der Waals surface area contributed by atoms with E-state index >= 15 is 0 Å². The van der Waals surface area contributed by atoms with Crippen molar-refractivity contribution in [3.63, 3.8) is 0 Å². The molecule has 0 aliphatic carbocycles. The number of rotatable bonds is 4. The van der Waals surface area contributed by atoms with E-state index in [1.807, 2.05) is 19.1 Å². The van der Waals surface area contributed by atoms with Crippen molar-refractivity contribution in [3.8, 4) is 11.5 Å². The fourth-order valence-corrected chi connectivity index (χ4v) is 2.09. The molecule has 0 radical (unpaired) electrons. The number of halogens is 1. The van der Waals surface area contributed by atoms with Gasteiger partial charge < -0.3 is 15.2 Å². The van der Waals surface area contributed by atoms with Crippen LogP contribution in [0.1, 0.15) is 29.8 Å². The molecule has 0 fully saturated rings. The van der Waals surface area contributed by atoms with Crippen LogP contribution in [-0.2, 0) is 4.74 Å². The minimum Gasteiger partial charge on any atom is -0.459 e. The van der Waals surface area contributed by atoms with Crippen molar-refractivity contribution < 1.29 is 14.3 Å². The average molecular weight is 320 g/mol. The zero-order valence-electron chi connectivity index (χ0n) is 12.7. The first-order valence-electron chi connectivity index (χ1n) is 6.92. The Labute approximate surface area is 134 Å². The number of hydrogen-bond donors (Lipinski definition) is 1. The second kappa shape index (κ2) is 6.71. The third-order valence-corrected chi connectivity index (χ3v) is 3.28. The van der Waals surface area contributed by atoms with Gasteiger partial charge in [-0.3, -0.25) is 0 Å². The molecule has 0 saturated carbocycles. The summed E-state index contributed by atoms with van der Waals surface area (Å²) in [5, 5.41) is 0.491. The third kappa shape index (κ3) is 3.71. The Morgan fingerprint density at radius 1 is 1.18 bits per heavy atom. The first-order chi connectivity index (χ1) is 10.4. The highest BCUT2D eigenvalue weighted by Gasteiger charge is 2.16. The molecule has 0 aliphatic rings.